The Balaban J connectivity index is 1.58. The third kappa shape index (κ3) is 4.44. The predicted octanol–water partition coefficient (Wildman–Crippen LogP) is 5.80. The summed E-state index contributed by atoms with van der Waals surface area (Å²) in [6.07, 6.45) is 6.28. The molecule has 2 fully saturated rings. The van der Waals surface area contributed by atoms with Crippen molar-refractivity contribution in [3.05, 3.63) is 57.7 Å². The summed E-state index contributed by atoms with van der Waals surface area (Å²) in [5.74, 6) is 0.324. The number of fused-ring (bicyclic) bond motifs is 4. The van der Waals surface area contributed by atoms with Crippen LogP contribution in [0.25, 0.3) is 0 Å². The lowest BCUT2D eigenvalue weighted by Crippen LogP contribution is -2.37. The molecule has 1 N–H and O–H groups in total. The van der Waals surface area contributed by atoms with Gasteiger partial charge in [-0.25, -0.2) is 0 Å². The molecule has 200 valence electrons. The van der Waals surface area contributed by atoms with E-state index in [2.05, 4.69) is 46.8 Å². The highest BCUT2D eigenvalue weighted by molar-refractivity contribution is 5.54. The molecule has 6 nitrogen and oxygen atoms in total. The second kappa shape index (κ2) is 9.11. The molecule has 2 aromatic rings. The van der Waals surface area contributed by atoms with Crippen LogP contribution in [-0.2, 0) is 31.6 Å². The first-order valence-corrected chi connectivity index (χ1v) is 14.1. The average molecular weight is 507 g/mol. The molecule has 0 radical (unpaired) electrons. The summed E-state index contributed by atoms with van der Waals surface area (Å²) < 4.78 is 18.7. The second-order valence-corrected chi connectivity index (χ2v) is 13.4. The Labute approximate surface area is 221 Å². The number of nitrogens with zero attached hydrogens (tertiary/aromatic N) is 2. The minimum absolute atomic E-state index is 0.00659. The third-order valence-corrected chi connectivity index (χ3v) is 9.00. The number of rotatable bonds is 2. The number of aliphatic hydroxyl groups excluding tert-OH is 1. The zero-order valence-electron chi connectivity index (χ0n) is 23.1. The summed E-state index contributed by atoms with van der Waals surface area (Å²) >= 11 is 0. The lowest BCUT2D eigenvalue weighted by Gasteiger charge is -2.40. The molecule has 3 aliphatic heterocycles. The van der Waals surface area contributed by atoms with Crippen molar-refractivity contribution in [1.82, 2.24) is 9.97 Å². The van der Waals surface area contributed by atoms with Crippen molar-refractivity contribution in [2.75, 3.05) is 26.4 Å². The largest absolute Gasteiger partial charge is 0.388 e. The van der Waals surface area contributed by atoms with Gasteiger partial charge in [-0.1, -0.05) is 40.7 Å². The fraction of sp³-hybridized carbons (Fsp3) is 0.677. The van der Waals surface area contributed by atoms with Crippen molar-refractivity contribution in [1.29, 1.82) is 0 Å². The standard InChI is InChI=1S/C31H42N2O4/c1-29(2,3)20-6-7-21(32-18-20)28-25-26(31(37-28)10-14-36-15-11-31)24-22(16-30(4,5)17-23(24)34)33-27(25)19-8-12-35-13-9-19/h6-7,18-19,23,28,34H,8-17H2,1-5H3/t23-,28+/m0/s1. The molecular formula is C31H42N2O4. The summed E-state index contributed by atoms with van der Waals surface area (Å²) in [5, 5.41) is 11.6. The van der Waals surface area contributed by atoms with Crippen molar-refractivity contribution in [2.45, 2.75) is 102 Å². The molecule has 5 heterocycles. The molecule has 6 rings (SSSR count). The van der Waals surface area contributed by atoms with Crippen LogP contribution in [0.2, 0.25) is 0 Å². The first-order valence-electron chi connectivity index (χ1n) is 14.1. The smallest absolute Gasteiger partial charge is 0.128 e. The fourth-order valence-electron chi connectivity index (χ4n) is 6.99. The van der Waals surface area contributed by atoms with Gasteiger partial charge in [0.15, 0.2) is 0 Å². The van der Waals surface area contributed by atoms with Crippen LogP contribution in [0.4, 0.5) is 0 Å². The van der Waals surface area contributed by atoms with Gasteiger partial charge in [-0.2, -0.15) is 0 Å². The number of hydrogen-bond acceptors (Lipinski definition) is 6. The van der Waals surface area contributed by atoms with E-state index in [0.29, 0.717) is 19.1 Å². The minimum atomic E-state index is -0.540. The molecule has 0 amide bonds. The molecular weight excluding hydrogens is 464 g/mol. The third-order valence-electron chi connectivity index (χ3n) is 9.00. The highest BCUT2D eigenvalue weighted by Crippen LogP contribution is 2.57. The van der Waals surface area contributed by atoms with Crippen LogP contribution in [0, 0.1) is 5.41 Å². The molecule has 0 bridgehead atoms. The van der Waals surface area contributed by atoms with Crippen LogP contribution >= 0.6 is 0 Å². The van der Waals surface area contributed by atoms with Crippen molar-refractivity contribution in [3.8, 4) is 0 Å². The maximum absolute atomic E-state index is 11.6. The Hall–Kier alpha value is -1.86. The van der Waals surface area contributed by atoms with Crippen LogP contribution < -0.4 is 0 Å². The Morgan fingerprint density at radius 2 is 1.68 bits per heavy atom. The Bertz CT molecular complexity index is 1160. The van der Waals surface area contributed by atoms with E-state index in [1.807, 2.05) is 6.20 Å². The molecule has 0 saturated carbocycles. The summed E-state index contributed by atoms with van der Waals surface area (Å²) in [7, 11) is 0. The number of aliphatic hydroxyl groups is 1. The molecule has 37 heavy (non-hydrogen) atoms. The van der Waals surface area contributed by atoms with Crippen LogP contribution in [0.3, 0.4) is 0 Å². The molecule has 2 atom stereocenters. The Morgan fingerprint density at radius 3 is 2.32 bits per heavy atom. The zero-order chi connectivity index (χ0) is 26.0. The summed E-state index contributed by atoms with van der Waals surface area (Å²) in [6, 6.07) is 4.33. The summed E-state index contributed by atoms with van der Waals surface area (Å²) in [4.78, 5) is 10.4. The van der Waals surface area contributed by atoms with Crippen molar-refractivity contribution >= 4 is 0 Å². The van der Waals surface area contributed by atoms with Crippen molar-refractivity contribution < 1.29 is 19.3 Å². The van der Waals surface area contributed by atoms with Crippen LogP contribution in [0.15, 0.2) is 18.3 Å². The molecule has 2 saturated heterocycles. The Kier molecular flexibility index (Phi) is 6.26. The Morgan fingerprint density at radius 1 is 0.973 bits per heavy atom. The van der Waals surface area contributed by atoms with E-state index >= 15 is 0 Å². The normalized spacial score (nSPS) is 27.2. The van der Waals surface area contributed by atoms with Crippen LogP contribution in [-0.4, -0.2) is 41.5 Å². The molecule has 0 aromatic carbocycles. The number of pyridine rings is 2. The minimum Gasteiger partial charge on any atom is -0.388 e. The zero-order valence-corrected chi connectivity index (χ0v) is 23.1. The van der Waals surface area contributed by atoms with E-state index in [1.165, 1.54) is 16.7 Å². The van der Waals surface area contributed by atoms with E-state index < -0.39 is 11.7 Å². The van der Waals surface area contributed by atoms with Gasteiger partial charge >= 0.3 is 0 Å². The number of hydrogen-bond donors (Lipinski definition) is 1. The summed E-state index contributed by atoms with van der Waals surface area (Å²) in [6.45, 7) is 14.0. The first-order chi connectivity index (χ1) is 17.6. The monoisotopic (exact) mass is 506 g/mol. The topological polar surface area (TPSA) is 73.7 Å². The lowest BCUT2D eigenvalue weighted by atomic mass is 9.69. The number of aromatic nitrogens is 2. The second-order valence-electron chi connectivity index (χ2n) is 13.4. The van der Waals surface area contributed by atoms with Gasteiger partial charge < -0.3 is 19.3 Å². The van der Waals surface area contributed by atoms with E-state index in [-0.39, 0.29) is 16.9 Å². The fourth-order valence-corrected chi connectivity index (χ4v) is 6.99. The molecule has 6 heteroatoms. The SMILES string of the molecule is CC1(C)Cc2nc(C3CCOCC3)c3c(c2[C@@H](O)C1)C1(CCOCC1)O[C@@H]3c1ccc(C(C)(C)C)cn1. The molecule has 4 aliphatic rings. The lowest BCUT2D eigenvalue weighted by molar-refractivity contribution is -0.123. The highest BCUT2D eigenvalue weighted by atomic mass is 16.5. The van der Waals surface area contributed by atoms with Gasteiger partial charge in [0.25, 0.3) is 0 Å². The van der Waals surface area contributed by atoms with Gasteiger partial charge in [0.05, 0.1) is 23.1 Å². The van der Waals surface area contributed by atoms with Crippen molar-refractivity contribution in [3.63, 3.8) is 0 Å². The molecule has 1 spiro atoms. The van der Waals surface area contributed by atoms with Gasteiger partial charge in [-0.3, -0.25) is 9.97 Å². The van der Waals surface area contributed by atoms with Gasteiger partial charge in [0.1, 0.15) is 6.10 Å². The van der Waals surface area contributed by atoms with Gasteiger partial charge in [-0.05, 0) is 53.7 Å². The van der Waals surface area contributed by atoms with E-state index in [0.717, 1.165) is 74.4 Å². The molecule has 1 aliphatic carbocycles. The van der Waals surface area contributed by atoms with Gasteiger partial charge in [-0.15, -0.1) is 0 Å². The molecule has 0 unspecified atom stereocenters. The van der Waals surface area contributed by atoms with Crippen LogP contribution in [0.5, 0.6) is 0 Å². The maximum atomic E-state index is 11.6. The van der Waals surface area contributed by atoms with Crippen molar-refractivity contribution in [2.24, 2.45) is 5.41 Å². The van der Waals surface area contributed by atoms with E-state index in [9.17, 15) is 5.11 Å². The quantitative estimate of drug-likeness (QED) is 0.555. The van der Waals surface area contributed by atoms with Gasteiger partial charge in [0.2, 0.25) is 0 Å². The first kappa shape index (κ1) is 25.4. The van der Waals surface area contributed by atoms with Gasteiger partial charge in [0, 0.05) is 68.2 Å². The van der Waals surface area contributed by atoms with E-state index in [1.54, 1.807) is 0 Å². The summed E-state index contributed by atoms with van der Waals surface area (Å²) in [5.41, 5.74) is 7.32. The number of ether oxygens (including phenoxy) is 3. The molecule has 2 aromatic heterocycles. The maximum Gasteiger partial charge on any atom is 0.128 e. The highest BCUT2D eigenvalue weighted by Gasteiger charge is 2.53. The van der Waals surface area contributed by atoms with E-state index in [4.69, 9.17) is 24.2 Å². The van der Waals surface area contributed by atoms with Crippen LogP contribution in [0.1, 0.15) is 124 Å². The average Bonchev–Trinajstić information content (AvgIpc) is 3.17. The predicted molar refractivity (Wildman–Crippen MR) is 142 cm³/mol.